The normalized spacial score (nSPS) is 12.6. The van der Waals surface area contributed by atoms with E-state index in [1.165, 1.54) is 18.5 Å². The molecule has 1 aromatic carbocycles. The van der Waals surface area contributed by atoms with E-state index < -0.39 is 11.4 Å². The van der Waals surface area contributed by atoms with Gasteiger partial charge in [-0.05, 0) is 44.9 Å². The van der Waals surface area contributed by atoms with Gasteiger partial charge in [0.05, 0.1) is 21.9 Å². The number of aryl methyl sites for hydroxylation is 1. The van der Waals surface area contributed by atoms with E-state index in [0.717, 1.165) is 11.1 Å². The number of rotatable bonds is 6. The van der Waals surface area contributed by atoms with Crippen molar-refractivity contribution in [2.75, 3.05) is 5.32 Å². The summed E-state index contributed by atoms with van der Waals surface area (Å²) in [4.78, 5) is 17.4. The van der Waals surface area contributed by atoms with E-state index in [4.69, 9.17) is 11.6 Å². The molecule has 34 heavy (non-hydrogen) atoms. The Balaban J connectivity index is 1.81. The Morgan fingerprint density at radius 3 is 2.53 bits per heavy atom. The Hall–Kier alpha value is -3.42. The summed E-state index contributed by atoms with van der Waals surface area (Å²) in [6.45, 7) is 10.8. The zero-order chi connectivity index (χ0) is 24.6. The number of benzene rings is 1. The molecular weight excluding hydrogens is 453 g/mol. The summed E-state index contributed by atoms with van der Waals surface area (Å²) in [6, 6.07) is 9.20. The van der Waals surface area contributed by atoms with Gasteiger partial charge in [-0.15, -0.1) is 0 Å². The zero-order valence-electron chi connectivity index (χ0n) is 19.4. The van der Waals surface area contributed by atoms with Gasteiger partial charge in [0.25, 0.3) is 0 Å². The van der Waals surface area contributed by atoms with Crippen LogP contribution >= 0.6 is 11.6 Å². The van der Waals surface area contributed by atoms with Crippen molar-refractivity contribution in [1.82, 2.24) is 19.9 Å². The number of fused-ring (bicyclic) bond motifs is 1. The molecule has 3 heterocycles. The summed E-state index contributed by atoms with van der Waals surface area (Å²) in [5.41, 5.74) is 3.23. The third-order valence-electron chi connectivity index (χ3n) is 5.50. The van der Waals surface area contributed by atoms with E-state index in [1.54, 1.807) is 26.8 Å². The molecule has 0 saturated heterocycles. The van der Waals surface area contributed by atoms with Crippen molar-refractivity contribution >= 4 is 34.4 Å². The molecule has 174 valence electrons. The lowest BCUT2D eigenvalue weighted by Gasteiger charge is -2.20. The maximum atomic E-state index is 15.0. The van der Waals surface area contributed by atoms with Crippen LogP contribution in [-0.4, -0.2) is 25.0 Å². The number of nitrogens with zero attached hydrogens (tertiary/aromatic N) is 4. The molecule has 0 bridgehead atoms. The molecule has 1 unspecified atom stereocenters. The molecule has 0 fully saturated rings. The molecule has 1 atom stereocenters. The Morgan fingerprint density at radius 2 is 1.88 bits per heavy atom. The van der Waals surface area contributed by atoms with E-state index in [9.17, 15) is 5.11 Å². The molecule has 4 aromatic rings. The van der Waals surface area contributed by atoms with E-state index in [-0.39, 0.29) is 17.6 Å². The minimum Gasteiger partial charge on any atom is -0.382 e. The van der Waals surface area contributed by atoms with Crippen LogP contribution in [-0.2, 0) is 5.60 Å². The minimum atomic E-state index is -1.21. The highest BCUT2D eigenvalue weighted by Crippen LogP contribution is 2.36. The fraction of sp³-hybridized carbons (Fsp3) is 0.231. The molecule has 8 heteroatoms. The summed E-state index contributed by atoms with van der Waals surface area (Å²) < 4.78 is 15.0. The van der Waals surface area contributed by atoms with Crippen LogP contribution in [0.3, 0.4) is 0 Å². The quantitative estimate of drug-likeness (QED) is 0.342. The summed E-state index contributed by atoms with van der Waals surface area (Å²) in [5.74, 6) is -0.324. The molecule has 4 rings (SSSR count). The van der Waals surface area contributed by atoms with Gasteiger partial charge in [-0.1, -0.05) is 42.5 Å². The van der Waals surface area contributed by atoms with Crippen molar-refractivity contribution in [3.8, 4) is 11.3 Å². The molecule has 0 spiro atoms. The molecule has 0 amide bonds. The topological polar surface area (TPSA) is 83.8 Å². The summed E-state index contributed by atoms with van der Waals surface area (Å²) in [7, 11) is 0. The van der Waals surface area contributed by atoms with Crippen LogP contribution in [0.15, 0.2) is 49.3 Å². The third kappa shape index (κ3) is 4.62. The van der Waals surface area contributed by atoms with Crippen LogP contribution in [0.4, 0.5) is 10.1 Å². The first-order chi connectivity index (χ1) is 16.1. The van der Waals surface area contributed by atoms with Crippen LogP contribution in [0, 0.1) is 12.7 Å². The third-order valence-corrected chi connectivity index (χ3v) is 5.96. The number of aliphatic hydroxyl groups is 1. The molecule has 6 nitrogen and oxygen atoms in total. The van der Waals surface area contributed by atoms with Gasteiger partial charge in [0.2, 0.25) is 0 Å². The second-order valence-electron chi connectivity index (χ2n) is 8.67. The lowest BCUT2D eigenvalue weighted by Crippen LogP contribution is -2.19. The van der Waals surface area contributed by atoms with Crippen LogP contribution in [0.5, 0.6) is 0 Å². The first kappa shape index (κ1) is 23.7. The van der Waals surface area contributed by atoms with Crippen LogP contribution in [0.25, 0.3) is 28.4 Å². The van der Waals surface area contributed by atoms with E-state index in [0.29, 0.717) is 33.0 Å². The molecule has 2 N–H and O–H groups in total. The predicted octanol–water partition coefficient (Wildman–Crippen LogP) is 6.23. The number of pyridine rings is 2. The van der Waals surface area contributed by atoms with Gasteiger partial charge >= 0.3 is 0 Å². The number of anilines is 1. The van der Waals surface area contributed by atoms with Crippen molar-refractivity contribution in [3.63, 3.8) is 0 Å². The molecule has 0 saturated carbocycles. The van der Waals surface area contributed by atoms with Crippen molar-refractivity contribution < 1.29 is 9.50 Å². The number of hydrogen-bond acceptors (Lipinski definition) is 6. The molecule has 0 aliphatic rings. The average molecular weight is 478 g/mol. The Kier molecular flexibility index (Phi) is 6.34. The van der Waals surface area contributed by atoms with Gasteiger partial charge in [-0.25, -0.2) is 24.3 Å². The van der Waals surface area contributed by atoms with Gasteiger partial charge in [0.1, 0.15) is 16.8 Å². The highest BCUT2D eigenvalue weighted by Gasteiger charge is 2.22. The standard InChI is InChI=1S/C26H25ClFN5O/c1-6-16-8-7-9-17(10-16)14(2)32-24-21(27)15(3)31-20-11-19(28)22(33-23(20)24)18-12-29-25(30-13-18)26(4,5)34/h6-14,34H,1H2,2-5H3,(H,31,32). The number of nitrogens with one attached hydrogen (secondary N) is 1. The molecular formula is C26H25ClFN5O. The smallest absolute Gasteiger partial charge is 0.159 e. The van der Waals surface area contributed by atoms with Crippen molar-refractivity contribution in [2.24, 2.45) is 0 Å². The van der Waals surface area contributed by atoms with E-state index in [2.05, 4.69) is 31.8 Å². The van der Waals surface area contributed by atoms with Gasteiger partial charge in [0.15, 0.2) is 11.6 Å². The largest absolute Gasteiger partial charge is 0.382 e. The highest BCUT2D eigenvalue weighted by atomic mass is 35.5. The maximum absolute atomic E-state index is 15.0. The van der Waals surface area contributed by atoms with Crippen LogP contribution in [0.1, 0.15) is 49.5 Å². The Labute approximate surface area is 202 Å². The summed E-state index contributed by atoms with van der Waals surface area (Å²) in [5, 5.41) is 13.9. The van der Waals surface area contributed by atoms with Gasteiger partial charge in [0, 0.05) is 30.1 Å². The minimum absolute atomic E-state index is 0.0703. The first-order valence-electron chi connectivity index (χ1n) is 10.8. The fourth-order valence-corrected chi connectivity index (χ4v) is 3.80. The molecule has 0 aliphatic carbocycles. The van der Waals surface area contributed by atoms with E-state index >= 15 is 4.39 Å². The zero-order valence-corrected chi connectivity index (χ0v) is 20.2. The number of halogens is 2. The molecule has 3 aromatic heterocycles. The summed E-state index contributed by atoms with van der Waals surface area (Å²) in [6.07, 6.45) is 4.67. The number of aromatic nitrogens is 4. The van der Waals surface area contributed by atoms with Gasteiger partial charge < -0.3 is 10.4 Å². The van der Waals surface area contributed by atoms with Crippen LogP contribution < -0.4 is 5.32 Å². The molecule has 0 aliphatic heterocycles. The summed E-state index contributed by atoms with van der Waals surface area (Å²) >= 11 is 6.64. The second kappa shape index (κ2) is 9.08. The predicted molar refractivity (Wildman–Crippen MR) is 134 cm³/mol. The lowest BCUT2D eigenvalue weighted by molar-refractivity contribution is 0.0687. The van der Waals surface area contributed by atoms with Crippen LogP contribution in [0.2, 0.25) is 5.02 Å². The Morgan fingerprint density at radius 1 is 1.18 bits per heavy atom. The average Bonchev–Trinajstić information content (AvgIpc) is 2.81. The maximum Gasteiger partial charge on any atom is 0.159 e. The lowest BCUT2D eigenvalue weighted by atomic mass is 10.0. The highest BCUT2D eigenvalue weighted by molar-refractivity contribution is 6.35. The second-order valence-corrected chi connectivity index (χ2v) is 9.05. The Bertz CT molecular complexity index is 1380. The fourth-order valence-electron chi connectivity index (χ4n) is 3.62. The van der Waals surface area contributed by atoms with E-state index in [1.807, 2.05) is 31.2 Å². The van der Waals surface area contributed by atoms with Gasteiger partial charge in [-0.3, -0.25) is 0 Å². The van der Waals surface area contributed by atoms with Crippen molar-refractivity contribution in [1.29, 1.82) is 0 Å². The SMILES string of the molecule is C=Cc1cccc(C(C)Nc2c(Cl)c(C)nc3cc(F)c(-c4cnc(C(C)(C)O)nc4)nc23)c1. The van der Waals surface area contributed by atoms with Gasteiger partial charge in [-0.2, -0.15) is 0 Å². The number of hydrogen-bond donors (Lipinski definition) is 2. The molecule has 0 radical (unpaired) electrons. The monoisotopic (exact) mass is 477 g/mol. The first-order valence-corrected chi connectivity index (χ1v) is 11.2. The van der Waals surface area contributed by atoms with Crippen molar-refractivity contribution in [3.05, 3.63) is 82.8 Å². The van der Waals surface area contributed by atoms with Crippen molar-refractivity contribution in [2.45, 2.75) is 39.3 Å².